The van der Waals surface area contributed by atoms with E-state index < -0.39 is 0 Å². The molecule has 0 aliphatic rings. The number of aldehydes is 1. The summed E-state index contributed by atoms with van der Waals surface area (Å²) in [5, 5.41) is 0. The normalized spacial score (nSPS) is 12.4. The molecule has 0 bridgehead atoms. The fraction of sp³-hybridized carbons (Fsp3) is 0.538. The Morgan fingerprint density at radius 3 is 2.59 bits per heavy atom. The van der Waals surface area contributed by atoms with Gasteiger partial charge in [-0.05, 0) is 26.3 Å². The van der Waals surface area contributed by atoms with Crippen LogP contribution in [0.1, 0.15) is 54.0 Å². The minimum Gasteiger partial charge on any atom is -0.368 e. The maximum Gasteiger partial charge on any atom is 0.240 e. The highest BCUT2D eigenvalue weighted by Gasteiger charge is 2.21. The number of amides is 1. The Bertz CT molecular complexity index is 421. The van der Waals surface area contributed by atoms with Crippen molar-refractivity contribution in [1.82, 2.24) is 4.57 Å². The first-order chi connectivity index (χ1) is 8.02. The van der Waals surface area contributed by atoms with Crippen molar-refractivity contribution in [3.63, 3.8) is 0 Å². The molecule has 0 radical (unpaired) electrons. The van der Waals surface area contributed by atoms with Crippen LogP contribution in [0.25, 0.3) is 0 Å². The topological polar surface area (TPSA) is 65.1 Å². The maximum atomic E-state index is 11.5. The van der Waals surface area contributed by atoms with Gasteiger partial charge in [0.05, 0.1) is 0 Å². The van der Waals surface area contributed by atoms with Gasteiger partial charge in [-0.2, -0.15) is 0 Å². The second-order valence-electron chi connectivity index (χ2n) is 4.37. The van der Waals surface area contributed by atoms with E-state index in [0.29, 0.717) is 5.56 Å². The highest BCUT2D eigenvalue weighted by Crippen LogP contribution is 2.23. The average Bonchev–Trinajstić information content (AvgIpc) is 2.56. The quantitative estimate of drug-likeness (QED) is 0.769. The van der Waals surface area contributed by atoms with E-state index in [2.05, 4.69) is 6.92 Å². The van der Waals surface area contributed by atoms with Crippen molar-refractivity contribution in [3.05, 3.63) is 23.0 Å². The van der Waals surface area contributed by atoms with Gasteiger partial charge in [-0.1, -0.05) is 19.8 Å². The van der Waals surface area contributed by atoms with E-state index in [0.717, 1.165) is 36.9 Å². The number of unbranched alkanes of at least 4 members (excludes halogenated alkanes) is 1. The number of nitrogens with zero attached hydrogens (tertiary/aromatic N) is 1. The van der Waals surface area contributed by atoms with Gasteiger partial charge >= 0.3 is 0 Å². The van der Waals surface area contributed by atoms with Crippen LogP contribution in [-0.4, -0.2) is 16.8 Å². The first-order valence-electron chi connectivity index (χ1n) is 5.95. The number of aryl methyl sites for hydroxylation is 1. The highest BCUT2D eigenvalue weighted by molar-refractivity contribution is 5.81. The summed E-state index contributed by atoms with van der Waals surface area (Å²) in [7, 11) is 0. The summed E-state index contributed by atoms with van der Waals surface area (Å²) in [5.74, 6) is -0.335. The molecule has 0 saturated carbocycles. The zero-order valence-corrected chi connectivity index (χ0v) is 10.7. The summed E-state index contributed by atoms with van der Waals surface area (Å²) >= 11 is 0. The Morgan fingerprint density at radius 1 is 1.53 bits per heavy atom. The minimum absolute atomic E-state index is 0.335. The zero-order valence-electron chi connectivity index (χ0n) is 10.7. The predicted molar refractivity (Wildman–Crippen MR) is 67.0 cm³/mol. The minimum atomic E-state index is -0.344. The molecule has 1 amide bonds. The van der Waals surface area contributed by atoms with E-state index in [-0.39, 0.29) is 11.9 Å². The summed E-state index contributed by atoms with van der Waals surface area (Å²) in [6.45, 7) is 5.81. The Labute approximate surface area is 102 Å². The van der Waals surface area contributed by atoms with Crippen molar-refractivity contribution in [2.45, 2.75) is 46.1 Å². The molecule has 4 nitrogen and oxygen atoms in total. The van der Waals surface area contributed by atoms with Crippen molar-refractivity contribution in [2.24, 2.45) is 5.73 Å². The second-order valence-corrected chi connectivity index (χ2v) is 4.37. The van der Waals surface area contributed by atoms with Crippen LogP contribution in [0.2, 0.25) is 0 Å². The monoisotopic (exact) mass is 236 g/mol. The Kier molecular flexibility index (Phi) is 4.49. The van der Waals surface area contributed by atoms with Crippen LogP contribution >= 0.6 is 0 Å². The van der Waals surface area contributed by atoms with Gasteiger partial charge in [0.2, 0.25) is 5.91 Å². The highest BCUT2D eigenvalue weighted by atomic mass is 16.1. The average molecular weight is 236 g/mol. The van der Waals surface area contributed by atoms with Crippen LogP contribution in [0.15, 0.2) is 6.07 Å². The van der Waals surface area contributed by atoms with Crippen LogP contribution in [-0.2, 0) is 4.79 Å². The summed E-state index contributed by atoms with van der Waals surface area (Å²) in [4.78, 5) is 22.4. The molecular weight excluding hydrogens is 216 g/mol. The molecular formula is C13H20N2O2. The molecule has 0 fully saturated rings. The first-order valence-corrected chi connectivity index (χ1v) is 5.95. The lowest BCUT2D eigenvalue weighted by atomic mass is 10.1. The van der Waals surface area contributed by atoms with Gasteiger partial charge in [-0.25, -0.2) is 0 Å². The molecule has 17 heavy (non-hydrogen) atoms. The fourth-order valence-corrected chi connectivity index (χ4v) is 2.20. The number of carbonyl (C=O) groups excluding carboxylic acids is 2. The molecule has 1 rings (SSSR count). The number of hydrogen-bond acceptors (Lipinski definition) is 2. The molecule has 0 aromatic carbocycles. The maximum absolute atomic E-state index is 11.5. The molecule has 0 aliphatic carbocycles. The van der Waals surface area contributed by atoms with Crippen LogP contribution < -0.4 is 5.73 Å². The van der Waals surface area contributed by atoms with E-state index in [4.69, 9.17) is 5.73 Å². The van der Waals surface area contributed by atoms with E-state index in [9.17, 15) is 9.59 Å². The molecule has 1 heterocycles. The molecule has 0 saturated heterocycles. The molecule has 2 N–H and O–H groups in total. The van der Waals surface area contributed by atoms with Gasteiger partial charge in [0.1, 0.15) is 6.04 Å². The van der Waals surface area contributed by atoms with Crippen molar-refractivity contribution >= 4 is 12.2 Å². The molecule has 1 aromatic rings. The lowest BCUT2D eigenvalue weighted by Crippen LogP contribution is -2.28. The van der Waals surface area contributed by atoms with Crippen LogP contribution in [0.4, 0.5) is 0 Å². The van der Waals surface area contributed by atoms with Crippen LogP contribution in [0.5, 0.6) is 0 Å². The summed E-state index contributed by atoms with van der Waals surface area (Å²) in [6, 6.07) is 1.45. The number of rotatable bonds is 6. The van der Waals surface area contributed by atoms with Crippen molar-refractivity contribution in [1.29, 1.82) is 0 Å². The Hall–Kier alpha value is -1.58. The van der Waals surface area contributed by atoms with Gasteiger partial charge in [0.25, 0.3) is 0 Å². The van der Waals surface area contributed by atoms with Gasteiger partial charge in [0, 0.05) is 17.0 Å². The number of aromatic nitrogens is 1. The van der Waals surface area contributed by atoms with Gasteiger partial charge in [0.15, 0.2) is 6.29 Å². The lowest BCUT2D eigenvalue weighted by molar-refractivity contribution is -0.121. The molecule has 1 unspecified atom stereocenters. The van der Waals surface area contributed by atoms with Gasteiger partial charge < -0.3 is 10.3 Å². The smallest absolute Gasteiger partial charge is 0.240 e. The molecule has 1 atom stereocenters. The third kappa shape index (κ3) is 2.75. The fourth-order valence-electron chi connectivity index (χ4n) is 2.20. The van der Waals surface area contributed by atoms with Crippen LogP contribution in [0.3, 0.4) is 0 Å². The third-order valence-corrected chi connectivity index (χ3v) is 3.12. The molecule has 0 spiro atoms. The van der Waals surface area contributed by atoms with E-state index in [1.54, 1.807) is 6.07 Å². The molecule has 94 valence electrons. The Balaban J connectivity index is 3.13. The van der Waals surface area contributed by atoms with Crippen LogP contribution in [0, 0.1) is 13.8 Å². The van der Waals surface area contributed by atoms with E-state index >= 15 is 0 Å². The first kappa shape index (κ1) is 13.5. The molecule has 4 heteroatoms. The summed E-state index contributed by atoms with van der Waals surface area (Å²) in [6.07, 6.45) is 3.50. The SMILES string of the molecule is CCCCC(C(N)=O)n1c(C)cc(C=O)c1C. The number of primary amides is 1. The van der Waals surface area contributed by atoms with Crippen molar-refractivity contribution < 1.29 is 9.59 Å². The number of hydrogen-bond donors (Lipinski definition) is 1. The Morgan fingerprint density at radius 2 is 2.18 bits per heavy atom. The molecule has 0 aliphatic heterocycles. The van der Waals surface area contributed by atoms with Crippen molar-refractivity contribution in [2.75, 3.05) is 0 Å². The van der Waals surface area contributed by atoms with Crippen molar-refractivity contribution in [3.8, 4) is 0 Å². The van der Waals surface area contributed by atoms with E-state index in [1.807, 2.05) is 18.4 Å². The second kappa shape index (κ2) is 5.66. The number of nitrogens with two attached hydrogens (primary N) is 1. The lowest BCUT2D eigenvalue weighted by Gasteiger charge is -2.19. The molecule has 1 aromatic heterocycles. The third-order valence-electron chi connectivity index (χ3n) is 3.12. The van der Waals surface area contributed by atoms with Gasteiger partial charge in [-0.3, -0.25) is 9.59 Å². The van der Waals surface area contributed by atoms with Gasteiger partial charge in [-0.15, -0.1) is 0 Å². The summed E-state index contributed by atoms with van der Waals surface area (Å²) < 4.78 is 1.88. The number of carbonyl (C=O) groups is 2. The van der Waals surface area contributed by atoms with E-state index in [1.165, 1.54) is 0 Å². The predicted octanol–water partition coefficient (Wildman–Crippen LogP) is 2.13. The standard InChI is InChI=1S/C13H20N2O2/c1-4-5-6-12(13(14)17)15-9(2)7-11(8-16)10(15)3/h7-8,12H,4-6H2,1-3H3,(H2,14,17). The zero-order chi connectivity index (χ0) is 13.0. The summed E-state index contributed by atoms with van der Waals surface area (Å²) in [5.41, 5.74) is 7.80. The largest absolute Gasteiger partial charge is 0.368 e.